The van der Waals surface area contributed by atoms with Gasteiger partial charge in [-0.15, -0.1) is 0 Å². The van der Waals surface area contributed by atoms with Crippen molar-refractivity contribution in [2.75, 3.05) is 17.4 Å². The van der Waals surface area contributed by atoms with Crippen molar-refractivity contribution < 1.29 is 17.6 Å². The summed E-state index contributed by atoms with van der Waals surface area (Å²) in [5, 5.41) is 10.8. The molecule has 0 saturated heterocycles. The number of nitro groups is 1. The minimum atomic E-state index is -3.88. The van der Waals surface area contributed by atoms with Gasteiger partial charge >= 0.3 is 0 Å². The summed E-state index contributed by atoms with van der Waals surface area (Å²) < 4.78 is 37.7. The molecule has 9 nitrogen and oxygen atoms in total. The molecule has 0 saturated carbocycles. The first-order chi connectivity index (χ1) is 9.67. The fourth-order valence-electron chi connectivity index (χ4n) is 1.68. The number of rotatable bonds is 7. The van der Waals surface area contributed by atoms with Gasteiger partial charge in [0.05, 0.1) is 9.82 Å². The topological polar surface area (TPSA) is 144 Å². The number of nitrogen functional groups attached to an aromatic ring is 1. The van der Waals surface area contributed by atoms with Crippen molar-refractivity contribution in [2.45, 2.75) is 17.9 Å². The van der Waals surface area contributed by atoms with E-state index in [1.807, 2.05) is 0 Å². The van der Waals surface area contributed by atoms with Gasteiger partial charge in [0.15, 0.2) is 0 Å². The van der Waals surface area contributed by atoms with Crippen LogP contribution in [0.1, 0.15) is 6.92 Å². The van der Waals surface area contributed by atoms with E-state index < -0.39 is 31.8 Å². The van der Waals surface area contributed by atoms with Crippen LogP contribution in [0.5, 0.6) is 0 Å². The van der Waals surface area contributed by atoms with Crippen molar-refractivity contribution in [1.82, 2.24) is 4.72 Å². The largest absolute Gasteiger partial charge is 0.318 e. The highest BCUT2D eigenvalue weighted by Gasteiger charge is 2.22. The molecule has 0 fully saturated rings. The first-order valence-electron chi connectivity index (χ1n) is 5.74. The van der Waals surface area contributed by atoms with Crippen LogP contribution in [0.4, 0.5) is 11.4 Å². The lowest BCUT2D eigenvalue weighted by molar-refractivity contribution is -0.384. The third kappa shape index (κ3) is 4.74. The summed E-state index contributed by atoms with van der Waals surface area (Å²) >= 11 is 0. The fourth-order valence-corrected chi connectivity index (χ4v) is 3.84. The zero-order valence-electron chi connectivity index (χ0n) is 11.4. The lowest BCUT2D eigenvalue weighted by Crippen LogP contribution is -2.36. The van der Waals surface area contributed by atoms with Crippen LogP contribution in [0, 0.1) is 10.1 Å². The molecular weight excluding hydrogens is 320 g/mol. The van der Waals surface area contributed by atoms with Gasteiger partial charge in [-0.25, -0.2) is 13.1 Å². The first kappa shape index (κ1) is 17.5. The summed E-state index contributed by atoms with van der Waals surface area (Å²) in [6.45, 7) is 1.58. The third-order valence-electron chi connectivity index (χ3n) is 2.47. The summed E-state index contributed by atoms with van der Waals surface area (Å²) in [5.41, 5.74) is 1.64. The molecule has 4 N–H and O–H groups in total. The number of benzene rings is 1. The van der Waals surface area contributed by atoms with Gasteiger partial charge in [-0.3, -0.25) is 20.2 Å². The first-order valence-corrected chi connectivity index (χ1v) is 8.96. The highest BCUT2D eigenvalue weighted by molar-refractivity contribution is 7.89. The number of sulfonamides is 1. The Hall–Kier alpha value is -1.56. The van der Waals surface area contributed by atoms with Gasteiger partial charge in [0.2, 0.25) is 10.0 Å². The van der Waals surface area contributed by atoms with Crippen molar-refractivity contribution in [3.63, 3.8) is 0 Å². The molecule has 2 unspecified atom stereocenters. The van der Waals surface area contributed by atoms with E-state index in [9.17, 15) is 22.7 Å². The zero-order chi connectivity index (χ0) is 16.2. The van der Waals surface area contributed by atoms with E-state index in [1.54, 1.807) is 6.92 Å². The van der Waals surface area contributed by atoms with Gasteiger partial charge in [0.1, 0.15) is 5.69 Å². The van der Waals surface area contributed by atoms with Crippen LogP contribution in [0.2, 0.25) is 0 Å². The molecule has 2 atom stereocenters. The zero-order valence-corrected chi connectivity index (χ0v) is 13.0. The molecule has 11 heteroatoms. The number of hydrogen-bond donors (Lipinski definition) is 3. The maximum Gasteiger partial charge on any atom is 0.293 e. The quantitative estimate of drug-likeness (QED) is 0.359. The van der Waals surface area contributed by atoms with Gasteiger partial charge in [0, 0.05) is 34.9 Å². The molecule has 0 aliphatic heterocycles. The van der Waals surface area contributed by atoms with Crippen molar-refractivity contribution in [2.24, 2.45) is 5.84 Å². The van der Waals surface area contributed by atoms with E-state index in [-0.39, 0.29) is 22.0 Å². The van der Waals surface area contributed by atoms with Crippen LogP contribution in [-0.2, 0) is 20.8 Å². The Morgan fingerprint density at radius 2 is 2.10 bits per heavy atom. The SMILES string of the molecule is CC(CS(C)=O)NS(=O)(=O)c1ccc([N+](=O)[O-])c(NN)c1. The highest BCUT2D eigenvalue weighted by Crippen LogP contribution is 2.26. The summed E-state index contributed by atoms with van der Waals surface area (Å²) in [6.07, 6.45) is 1.47. The number of nitrogens with one attached hydrogen (secondary N) is 2. The second-order valence-electron chi connectivity index (χ2n) is 4.34. The van der Waals surface area contributed by atoms with Gasteiger partial charge < -0.3 is 5.43 Å². The molecule has 0 aliphatic carbocycles. The summed E-state index contributed by atoms with van der Waals surface area (Å²) in [6, 6.07) is 2.68. The molecule has 1 rings (SSSR count). The van der Waals surface area contributed by atoms with Crippen molar-refractivity contribution >= 4 is 32.2 Å². The van der Waals surface area contributed by atoms with E-state index in [1.165, 1.54) is 6.26 Å². The molecule has 1 aromatic carbocycles. The lowest BCUT2D eigenvalue weighted by atomic mass is 10.3. The number of nitro benzene ring substituents is 1. The number of hydrogen-bond acceptors (Lipinski definition) is 7. The number of hydrazine groups is 1. The third-order valence-corrected chi connectivity index (χ3v) is 5.03. The molecule has 1 aromatic rings. The Morgan fingerprint density at radius 3 is 2.57 bits per heavy atom. The molecule has 0 bridgehead atoms. The summed E-state index contributed by atoms with van der Waals surface area (Å²) in [5.74, 6) is 5.32. The Labute approximate surface area is 124 Å². The number of nitrogens with zero attached hydrogens (tertiary/aromatic N) is 1. The molecule has 118 valence electrons. The van der Waals surface area contributed by atoms with E-state index >= 15 is 0 Å². The minimum Gasteiger partial charge on any atom is -0.318 e. The minimum absolute atomic E-state index is 0.116. The van der Waals surface area contributed by atoms with Gasteiger partial charge in [-0.2, -0.15) is 0 Å². The second kappa shape index (κ2) is 6.93. The Kier molecular flexibility index (Phi) is 5.78. The van der Waals surface area contributed by atoms with Crippen LogP contribution in [0.25, 0.3) is 0 Å². The second-order valence-corrected chi connectivity index (χ2v) is 7.54. The Bertz CT molecular complexity index is 661. The molecule has 0 aromatic heterocycles. The maximum atomic E-state index is 12.1. The van der Waals surface area contributed by atoms with Gasteiger partial charge in [-0.1, -0.05) is 0 Å². The van der Waals surface area contributed by atoms with Crippen molar-refractivity contribution in [1.29, 1.82) is 0 Å². The van der Waals surface area contributed by atoms with Crippen molar-refractivity contribution in [3.8, 4) is 0 Å². The molecule has 0 radical (unpaired) electrons. The molecule has 21 heavy (non-hydrogen) atoms. The van der Waals surface area contributed by atoms with E-state index in [0.29, 0.717) is 0 Å². The number of anilines is 1. The fraction of sp³-hybridized carbons (Fsp3) is 0.400. The average molecular weight is 336 g/mol. The van der Waals surface area contributed by atoms with Gasteiger partial charge in [0.25, 0.3) is 5.69 Å². The van der Waals surface area contributed by atoms with Gasteiger partial charge in [-0.05, 0) is 19.1 Å². The average Bonchev–Trinajstić information content (AvgIpc) is 2.35. The summed E-state index contributed by atoms with van der Waals surface area (Å²) in [4.78, 5) is 9.90. The molecular formula is C10H16N4O5S2. The smallest absolute Gasteiger partial charge is 0.293 e. The van der Waals surface area contributed by atoms with E-state index in [4.69, 9.17) is 5.84 Å². The molecule has 0 heterocycles. The van der Waals surface area contributed by atoms with E-state index in [2.05, 4.69) is 10.1 Å². The van der Waals surface area contributed by atoms with Crippen LogP contribution in [0.3, 0.4) is 0 Å². The molecule has 0 amide bonds. The predicted molar refractivity (Wildman–Crippen MR) is 79.6 cm³/mol. The summed E-state index contributed by atoms with van der Waals surface area (Å²) in [7, 11) is -5.03. The maximum absolute atomic E-state index is 12.1. The van der Waals surface area contributed by atoms with Crippen molar-refractivity contribution in [3.05, 3.63) is 28.3 Å². The van der Waals surface area contributed by atoms with Crippen LogP contribution in [0.15, 0.2) is 23.1 Å². The predicted octanol–water partition coefficient (Wildman–Crippen LogP) is -0.0743. The highest BCUT2D eigenvalue weighted by atomic mass is 32.2. The number of nitrogens with two attached hydrogens (primary N) is 1. The van der Waals surface area contributed by atoms with Crippen LogP contribution in [-0.4, -0.2) is 35.6 Å². The van der Waals surface area contributed by atoms with E-state index in [0.717, 1.165) is 18.2 Å². The van der Waals surface area contributed by atoms with Crippen LogP contribution >= 0.6 is 0 Å². The lowest BCUT2D eigenvalue weighted by Gasteiger charge is -2.13. The van der Waals surface area contributed by atoms with Crippen LogP contribution < -0.4 is 16.0 Å². The molecule has 0 spiro atoms. The normalized spacial score (nSPS) is 14.4. The molecule has 0 aliphatic rings. The Morgan fingerprint density at radius 1 is 1.48 bits per heavy atom. The Balaban J connectivity index is 3.09. The standard InChI is InChI=1S/C10H16N4O5S2/c1-7(6-20(2)17)13-21(18,19)8-3-4-10(14(15)16)9(5-8)12-11/h3-5,7,12-13H,6,11H2,1-2H3. The monoisotopic (exact) mass is 336 g/mol.